The molecule has 0 radical (unpaired) electrons. The molecule has 0 aromatic heterocycles. The SMILES string of the molecule is COC(=O)C1(C(=O)OC)CC(C(C)=O)C2(CCCCC2)C1. The van der Waals surface area contributed by atoms with Crippen molar-refractivity contribution in [3.63, 3.8) is 0 Å². The highest BCUT2D eigenvalue weighted by molar-refractivity contribution is 6.01. The van der Waals surface area contributed by atoms with E-state index in [1.807, 2.05) is 0 Å². The molecule has 2 saturated carbocycles. The van der Waals surface area contributed by atoms with Crippen LogP contribution in [0.2, 0.25) is 0 Å². The van der Waals surface area contributed by atoms with E-state index in [2.05, 4.69) is 0 Å². The smallest absolute Gasteiger partial charge is 0.323 e. The van der Waals surface area contributed by atoms with Crippen molar-refractivity contribution in [3.8, 4) is 0 Å². The van der Waals surface area contributed by atoms with Gasteiger partial charge in [0, 0.05) is 5.92 Å². The molecule has 5 nitrogen and oxygen atoms in total. The molecule has 2 aliphatic carbocycles. The predicted octanol–water partition coefficient (Wildman–Crippen LogP) is 2.27. The monoisotopic (exact) mass is 296 g/mol. The molecule has 5 heteroatoms. The zero-order valence-electron chi connectivity index (χ0n) is 13.1. The molecular formula is C16H24O5. The fourth-order valence-electron chi connectivity index (χ4n) is 4.50. The Hall–Kier alpha value is -1.39. The van der Waals surface area contributed by atoms with E-state index in [0.29, 0.717) is 6.42 Å². The Bertz CT molecular complexity index is 432. The van der Waals surface area contributed by atoms with Gasteiger partial charge in [-0.25, -0.2) is 0 Å². The summed E-state index contributed by atoms with van der Waals surface area (Å²) in [5.74, 6) is -1.33. The van der Waals surface area contributed by atoms with E-state index in [4.69, 9.17) is 9.47 Å². The minimum atomic E-state index is -1.31. The van der Waals surface area contributed by atoms with E-state index >= 15 is 0 Å². The lowest BCUT2D eigenvalue weighted by atomic mass is 9.66. The molecule has 2 aliphatic rings. The molecular weight excluding hydrogens is 272 g/mol. The quantitative estimate of drug-likeness (QED) is 0.590. The van der Waals surface area contributed by atoms with Crippen molar-refractivity contribution >= 4 is 17.7 Å². The summed E-state index contributed by atoms with van der Waals surface area (Å²) < 4.78 is 9.74. The molecule has 0 bridgehead atoms. The molecule has 1 spiro atoms. The van der Waals surface area contributed by atoms with Gasteiger partial charge in [0.15, 0.2) is 5.41 Å². The summed E-state index contributed by atoms with van der Waals surface area (Å²) in [6, 6.07) is 0. The lowest BCUT2D eigenvalue weighted by Crippen LogP contribution is -2.40. The Morgan fingerprint density at radius 3 is 1.90 bits per heavy atom. The Morgan fingerprint density at radius 1 is 0.952 bits per heavy atom. The molecule has 0 aliphatic heterocycles. The number of Topliss-reactive ketones (excluding diaryl/α,β-unsaturated/α-hetero) is 1. The van der Waals surface area contributed by atoms with E-state index in [1.165, 1.54) is 14.2 Å². The zero-order chi connectivity index (χ0) is 15.7. The van der Waals surface area contributed by atoms with Gasteiger partial charge in [0.05, 0.1) is 14.2 Å². The van der Waals surface area contributed by atoms with Crippen molar-refractivity contribution in [2.45, 2.75) is 51.9 Å². The number of carbonyl (C=O) groups is 3. The van der Waals surface area contributed by atoms with Crippen LogP contribution >= 0.6 is 0 Å². The van der Waals surface area contributed by atoms with Gasteiger partial charge in [-0.1, -0.05) is 19.3 Å². The van der Waals surface area contributed by atoms with E-state index in [-0.39, 0.29) is 23.5 Å². The molecule has 0 heterocycles. The third-order valence-electron chi connectivity index (χ3n) is 5.44. The van der Waals surface area contributed by atoms with Gasteiger partial charge in [0.1, 0.15) is 5.78 Å². The number of esters is 2. The second-order valence-corrected chi connectivity index (χ2v) is 6.53. The maximum atomic E-state index is 12.3. The average molecular weight is 296 g/mol. The number of rotatable bonds is 3. The summed E-state index contributed by atoms with van der Waals surface area (Å²) >= 11 is 0. The second-order valence-electron chi connectivity index (χ2n) is 6.53. The van der Waals surface area contributed by atoms with Crippen molar-refractivity contribution in [2.75, 3.05) is 14.2 Å². The van der Waals surface area contributed by atoms with Crippen LogP contribution in [0, 0.1) is 16.7 Å². The number of carbonyl (C=O) groups excluding carboxylic acids is 3. The van der Waals surface area contributed by atoms with Gasteiger partial charge in [-0.05, 0) is 38.0 Å². The van der Waals surface area contributed by atoms with Crippen LogP contribution in [0.5, 0.6) is 0 Å². The first-order valence-electron chi connectivity index (χ1n) is 7.59. The van der Waals surface area contributed by atoms with E-state index in [1.54, 1.807) is 6.92 Å². The fraction of sp³-hybridized carbons (Fsp3) is 0.812. The van der Waals surface area contributed by atoms with Gasteiger partial charge in [-0.15, -0.1) is 0 Å². The number of hydrogen-bond donors (Lipinski definition) is 0. The standard InChI is InChI=1S/C16H24O5/c1-11(17)12-9-16(13(18)20-2,14(19)21-3)10-15(12)7-5-4-6-8-15/h12H,4-10H2,1-3H3. The topological polar surface area (TPSA) is 69.7 Å². The van der Waals surface area contributed by atoms with Crippen molar-refractivity contribution in [1.29, 1.82) is 0 Å². The van der Waals surface area contributed by atoms with Crippen LogP contribution in [0.25, 0.3) is 0 Å². The van der Waals surface area contributed by atoms with Gasteiger partial charge in [0.25, 0.3) is 0 Å². The van der Waals surface area contributed by atoms with Crippen LogP contribution < -0.4 is 0 Å². The molecule has 1 atom stereocenters. The molecule has 0 saturated heterocycles. The van der Waals surface area contributed by atoms with Gasteiger partial charge in [0.2, 0.25) is 0 Å². The Kier molecular flexibility index (Phi) is 4.40. The minimum Gasteiger partial charge on any atom is -0.468 e. The molecule has 2 rings (SSSR count). The molecule has 0 N–H and O–H groups in total. The summed E-state index contributed by atoms with van der Waals surface area (Å²) in [7, 11) is 2.56. The number of ether oxygens (including phenoxy) is 2. The van der Waals surface area contributed by atoms with Crippen molar-refractivity contribution < 1.29 is 23.9 Å². The third-order valence-corrected chi connectivity index (χ3v) is 5.44. The lowest BCUT2D eigenvalue weighted by molar-refractivity contribution is -0.169. The highest BCUT2D eigenvalue weighted by Crippen LogP contribution is 2.60. The van der Waals surface area contributed by atoms with Crippen LogP contribution in [0.15, 0.2) is 0 Å². The second kappa shape index (κ2) is 5.78. The molecule has 0 aromatic carbocycles. The van der Waals surface area contributed by atoms with E-state index in [9.17, 15) is 14.4 Å². The van der Waals surface area contributed by atoms with Crippen LogP contribution in [-0.2, 0) is 23.9 Å². The summed E-state index contributed by atoms with van der Waals surface area (Å²) in [6.07, 6.45) is 5.63. The predicted molar refractivity (Wildman–Crippen MR) is 75.4 cm³/mol. The molecule has 0 amide bonds. The van der Waals surface area contributed by atoms with Crippen LogP contribution in [0.3, 0.4) is 0 Å². The molecule has 1 unspecified atom stereocenters. The highest BCUT2D eigenvalue weighted by Gasteiger charge is 2.63. The maximum Gasteiger partial charge on any atom is 0.323 e. The van der Waals surface area contributed by atoms with E-state index in [0.717, 1.165) is 32.1 Å². The first kappa shape index (κ1) is 16.0. The summed E-state index contributed by atoms with van der Waals surface area (Å²) in [6.45, 7) is 1.56. The Balaban J connectivity index is 2.43. The Labute approximate surface area is 125 Å². The number of ketones is 1. The molecule has 21 heavy (non-hydrogen) atoms. The zero-order valence-corrected chi connectivity index (χ0v) is 13.1. The molecule has 0 aromatic rings. The molecule has 118 valence electrons. The van der Waals surface area contributed by atoms with Crippen molar-refractivity contribution in [1.82, 2.24) is 0 Å². The van der Waals surface area contributed by atoms with Crippen LogP contribution in [0.1, 0.15) is 51.9 Å². The summed E-state index contributed by atoms with van der Waals surface area (Å²) in [5, 5.41) is 0. The Morgan fingerprint density at radius 2 is 1.48 bits per heavy atom. The summed E-state index contributed by atoms with van der Waals surface area (Å²) in [5.41, 5.74) is -1.55. The lowest BCUT2D eigenvalue weighted by Gasteiger charge is -2.38. The van der Waals surface area contributed by atoms with Gasteiger partial charge in [-0.2, -0.15) is 0 Å². The highest BCUT2D eigenvalue weighted by atomic mass is 16.5. The van der Waals surface area contributed by atoms with Crippen LogP contribution in [-0.4, -0.2) is 31.9 Å². The number of methoxy groups -OCH3 is 2. The number of hydrogen-bond acceptors (Lipinski definition) is 5. The van der Waals surface area contributed by atoms with Gasteiger partial charge < -0.3 is 9.47 Å². The van der Waals surface area contributed by atoms with Crippen LogP contribution in [0.4, 0.5) is 0 Å². The fourth-order valence-corrected chi connectivity index (χ4v) is 4.50. The average Bonchev–Trinajstić information content (AvgIpc) is 2.82. The van der Waals surface area contributed by atoms with Gasteiger partial charge >= 0.3 is 11.9 Å². The third kappa shape index (κ3) is 2.47. The largest absolute Gasteiger partial charge is 0.468 e. The summed E-state index contributed by atoms with van der Waals surface area (Å²) in [4.78, 5) is 36.7. The normalized spacial score (nSPS) is 26.3. The minimum absolute atomic E-state index is 0.0616. The van der Waals surface area contributed by atoms with E-state index < -0.39 is 17.4 Å². The molecule has 2 fully saturated rings. The maximum absolute atomic E-state index is 12.3. The van der Waals surface area contributed by atoms with Gasteiger partial charge in [-0.3, -0.25) is 14.4 Å². The first-order chi connectivity index (χ1) is 9.92. The first-order valence-corrected chi connectivity index (χ1v) is 7.59. The van der Waals surface area contributed by atoms with Crippen molar-refractivity contribution in [2.24, 2.45) is 16.7 Å². The van der Waals surface area contributed by atoms with Crippen molar-refractivity contribution in [3.05, 3.63) is 0 Å².